The third kappa shape index (κ3) is 1.35. The number of hydrogen-bond donors (Lipinski definition) is 1. The average molecular weight is 231 g/mol. The second-order valence-corrected chi connectivity index (χ2v) is 5.82. The lowest BCUT2D eigenvalue weighted by molar-refractivity contribution is -0.530. The fourth-order valence-electron chi connectivity index (χ4n) is 3.24. The first kappa shape index (κ1) is 10.8. The van der Waals surface area contributed by atoms with Gasteiger partial charge >= 0.3 is 0 Å². The SMILES string of the molecule is CC1(C)CC2(O)CCc3ccccc3C2=[N+]1[O-]. The van der Waals surface area contributed by atoms with Crippen molar-refractivity contribution in [1.82, 2.24) is 0 Å². The molecular formula is C14H17NO2. The molecule has 1 aliphatic carbocycles. The maximum Gasteiger partial charge on any atom is 0.227 e. The molecule has 1 aromatic rings. The van der Waals surface area contributed by atoms with Crippen molar-refractivity contribution in [3.8, 4) is 0 Å². The Labute approximate surface area is 101 Å². The van der Waals surface area contributed by atoms with E-state index in [-0.39, 0.29) is 0 Å². The van der Waals surface area contributed by atoms with Gasteiger partial charge in [-0.15, -0.1) is 0 Å². The normalized spacial score (nSPS) is 30.1. The Morgan fingerprint density at radius 3 is 2.76 bits per heavy atom. The van der Waals surface area contributed by atoms with Crippen LogP contribution in [0.15, 0.2) is 24.3 Å². The molecule has 2 aliphatic rings. The summed E-state index contributed by atoms with van der Waals surface area (Å²) in [6.45, 7) is 3.79. The van der Waals surface area contributed by atoms with E-state index >= 15 is 0 Å². The summed E-state index contributed by atoms with van der Waals surface area (Å²) in [6.07, 6.45) is 2.02. The molecule has 1 N–H and O–H groups in total. The molecule has 17 heavy (non-hydrogen) atoms. The highest BCUT2D eigenvalue weighted by atomic mass is 16.5. The molecule has 0 aromatic heterocycles. The van der Waals surface area contributed by atoms with Crippen LogP contribution in [0, 0.1) is 5.21 Å². The Morgan fingerprint density at radius 1 is 1.29 bits per heavy atom. The van der Waals surface area contributed by atoms with Crippen molar-refractivity contribution in [3.05, 3.63) is 40.6 Å². The van der Waals surface area contributed by atoms with E-state index in [1.807, 2.05) is 38.1 Å². The summed E-state index contributed by atoms with van der Waals surface area (Å²) in [5, 5.41) is 23.0. The van der Waals surface area contributed by atoms with Crippen molar-refractivity contribution in [3.63, 3.8) is 0 Å². The number of hydroxylamine groups is 1. The molecule has 1 aliphatic heterocycles. The zero-order valence-electron chi connectivity index (χ0n) is 10.2. The summed E-state index contributed by atoms with van der Waals surface area (Å²) in [5.41, 5.74) is 1.23. The van der Waals surface area contributed by atoms with Crippen LogP contribution in [0.1, 0.15) is 37.8 Å². The van der Waals surface area contributed by atoms with Gasteiger partial charge in [-0.05, 0) is 24.5 Å². The van der Waals surface area contributed by atoms with Crippen LogP contribution in [-0.2, 0) is 6.42 Å². The summed E-state index contributed by atoms with van der Waals surface area (Å²) in [4.78, 5) is 0. The predicted molar refractivity (Wildman–Crippen MR) is 66.1 cm³/mol. The van der Waals surface area contributed by atoms with Gasteiger partial charge in [0, 0.05) is 19.4 Å². The third-order valence-corrected chi connectivity index (χ3v) is 4.00. The highest BCUT2D eigenvalue weighted by Gasteiger charge is 2.56. The van der Waals surface area contributed by atoms with Crippen molar-refractivity contribution >= 4 is 5.71 Å². The van der Waals surface area contributed by atoms with E-state index in [4.69, 9.17) is 0 Å². The van der Waals surface area contributed by atoms with Gasteiger partial charge in [0.2, 0.25) is 5.71 Å². The number of hydrogen-bond acceptors (Lipinski definition) is 2. The first-order chi connectivity index (χ1) is 7.94. The van der Waals surface area contributed by atoms with E-state index < -0.39 is 11.1 Å². The van der Waals surface area contributed by atoms with Crippen molar-refractivity contribution in [1.29, 1.82) is 0 Å². The van der Waals surface area contributed by atoms with Crippen LogP contribution < -0.4 is 0 Å². The minimum Gasteiger partial charge on any atom is -0.623 e. The van der Waals surface area contributed by atoms with Crippen molar-refractivity contribution in [2.24, 2.45) is 0 Å². The lowest BCUT2D eigenvalue weighted by Gasteiger charge is -2.27. The van der Waals surface area contributed by atoms with Crippen LogP contribution in [0.25, 0.3) is 0 Å². The van der Waals surface area contributed by atoms with E-state index in [2.05, 4.69) is 0 Å². The molecule has 1 aromatic carbocycles. The molecule has 0 fully saturated rings. The van der Waals surface area contributed by atoms with Gasteiger partial charge in [-0.2, -0.15) is 0 Å². The number of aliphatic hydroxyl groups is 1. The maximum absolute atomic E-state index is 12.3. The van der Waals surface area contributed by atoms with Gasteiger partial charge in [-0.25, -0.2) is 4.74 Å². The smallest absolute Gasteiger partial charge is 0.227 e. The van der Waals surface area contributed by atoms with Gasteiger partial charge in [-0.1, -0.05) is 18.2 Å². The van der Waals surface area contributed by atoms with Crippen molar-refractivity contribution < 1.29 is 9.85 Å². The third-order valence-electron chi connectivity index (χ3n) is 4.00. The first-order valence-electron chi connectivity index (χ1n) is 6.09. The molecule has 1 unspecified atom stereocenters. The highest BCUT2D eigenvalue weighted by molar-refractivity contribution is 6.06. The topological polar surface area (TPSA) is 46.3 Å². The molecule has 0 saturated heterocycles. The number of benzene rings is 1. The van der Waals surface area contributed by atoms with E-state index in [9.17, 15) is 10.3 Å². The summed E-state index contributed by atoms with van der Waals surface area (Å²) >= 11 is 0. The Hall–Kier alpha value is -1.35. The minimum absolute atomic E-state index is 0.512. The fourth-order valence-corrected chi connectivity index (χ4v) is 3.24. The molecular weight excluding hydrogens is 214 g/mol. The molecule has 0 amide bonds. The van der Waals surface area contributed by atoms with Gasteiger partial charge < -0.3 is 10.3 Å². The quantitative estimate of drug-likeness (QED) is 0.547. The lowest BCUT2D eigenvalue weighted by atomic mass is 9.76. The maximum atomic E-state index is 12.3. The first-order valence-corrected chi connectivity index (χ1v) is 6.09. The number of aryl methyl sites for hydroxylation is 1. The Morgan fingerprint density at radius 2 is 2.00 bits per heavy atom. The fraction of sp³-hybridized carbons (Fsp3) is 0.500. The van der Waals surface area contributed by atoms with Crippen LogP contribution in [-0.4, -0.2) is 26.7 Å². The molecule has 1 heterocycles. The summed E-state index contributed by atoms with van der Waals surface area (Å²) in [6, 6.07) is 7.90. The van der Waals surface area contributed by atoms with E-state index in [0.717, 1.165) is 16.7 Å². The zero-order chi connectivity index (χ0) is 12.3. The Bertz CT molecular complexity index is 519. The van der Waals surface area contributed by atoms with Gasteiger partial charge in [-0.3, -0.25) is 0 Å². The summed E-state index contributed by atoms with van der Waals surface area (Å²) in [7, 11) is 0. The molecule has 90 valence electrons. The molecule has 0 spiro atoms. The average Bonchev–Trinajstić information content (AvgIpc) is 2.45. The van der Waals surface area contributed by atoms with Gasteiger partial charge in [0.05, 0.1) is 6.42 Å². The monoisotopic (exact) mass is 231 g/mol. The summed E-state index contributed by atoms with van der Waals surface area (Å²) < 4.78 is 1.02. The largest absolute Gasteiger partial charge is 0.623 e. The second kappa shape index (κ2) is 3.10. The van der Waals surface area contributed by atoms with Crippen LogP contribution in [0.3, 0.4) is 0 Å². The Kier molecular flexibility index (Phi) is 1.97. The van der Waals surface area contributed by atoms with Crippen LogP contribution in [0.5, 0.6) is 0 Å². The molecule has 3 rings (SSSR count). The predicted octanol–water partition coefficient (Wildman–Crippen LogP) is 1.85. The molecule has 1 atom stereocenters. The molecule has 0 radical (unpaired) electrons. The van der Waals surface area contributed by atoms with Crippen molar-refractivity contribution in [2.75, 3.05) is 0 Å². The second-order valence-electron chi connectivity index (χ2n) is 5.82. The van der Waals surface area contributed by atoms with E-state index in [1.165, 1.54) is 5.56 Å². The van der Waals surface area contributed by atoms with Gasteiger partial charge in [0.1, 0.15) is 0 Å². The number of fused-ring (bicyclic) bond motifs is 3. The van der Waals surface area contributed by atoms with Crippen LogP contribution in [0.4, 0.5) is 0 Å². The molecule has 3 nitrogen and oxygen atoms in total. The summed E-state index contributed by atoms with van der Waals surface area (Å²) in [5.74, 6) is 0. The Balaban J connectivity index is 2.27. The van der Waals surface area contributed by atoms with E-state index in [0.29, 0.717) is 18.6 Å². The van der Waals surface area contributed by atoms with Crippen molar-refractivity contribution in [2.45, 2.75) is 44.2 Å². The van der Waals surface area contributed by atoms with Gasteiger partial charge in [0.15, 0.2) is 11.1 Å². The standard InChI is InChI=1S/C14H17NO2/c1-13(2)9-14(16)8-7-10-5-3-4-6-11(10)12(14)15(13)17/h3-6,16H,7-9H2,1-2H3. The zero-order valence-corrected chi connectivity index (χ0v) is 10.2. The molecule has 0 saturated carbocycles. The highest BCUT2D eigenvalue weighted by Crippen LogP contribution is 2.41. The molecule has 3 heteroatoms. The lowest BCUT2D eigenvalue weighted by Crippen LogP contribution is -2.41. The van der Waals surface area contributed by atoms with Crippen LogP contribution >= 0.6 is 0 Å². The number of nitrogens with zero attached hydrogens (tertiary/aromatic N) is 1. The number of rotatable bonds is 0. The van der Waals surface area contributed by atoms with E-state index in [1.54, 1.807) is 0 Å². The van der Waals surface area contributed by atoms with Gasteiger partial charge in [0.25, 0.3) is 0 Å². The molecule has 0 bridgehead atoms. The van der Waals surface area contributed by atoms with Crippen LogP contribution in [0.2, 0.25) is 0 Å². The minimum atomic E-state index is -0.931.